The molecule has 0 unspecified atom stereocenters. The van der Waals surface area contributed by atoms with Gasteiger partial charge in [-0.05, 0) is 25.0 Å². The number of carbonyl (C=O) groups is 1. The molecule has 1 aromatic heterocycles. The summed E-state index contributed by atoms with van der Waals surface area (Å²) in [6.45, 7) is 5.40. The Morgan fingerprint density at radius 1 is 1.20 bits per heavy atom. The van der Waals surface area contributed by atoms with Crippen molar-refractivity contribution in [1.29, 1.82) is 0 Å². The largest absolute Gasteiger partial charge is 0.352 e. The maximum atomic E-state index is 11.8. The first kappa shape index (κ1) is 13.5. The number of carbonyl (C=O) groups excluding carboxylic acids is 1. The third-order valence-corrected chi connectivity index (χ3v) is 3.89. The van der Waals surface area contributed by atoms with Crippen LogP contribution in [0.2, 0.25) is 0 Å². The monoisotopic (exact) mass is 274 g/mol. The molecular formula is C15H22N4O. The Hall–Kier alpha value is -1.46. The van der Waals surface area contributed by atoms with Gasteiger partial charge in [0, 0.05) is 45.0 Å². The number of nitrogens with one attached hydrogen (secondary N) is 1. The normalized spacial score (nSPS) is 20.8. The van der Waals surface area contributed by atoms with Crippen LogP contribution in [0.15, 0.2) is 24.4 Å². The van der Waals surface area contributed by atoms with E-state index in [1.165, 1.54) is 0 Å². The first-order valence-corrected chi connectivity index (χ1v) is 7.43. The zero-order valence-corrected chi connectivity index (χ0v) is 11.8. The Morgan fingerprint density at radius 2 is 1.95 bits per heavy atom. The van der Waals surface area contributed by atoms with Gasteiger partial charge in [-0.3, -0.25) is 19.6 Å². The van der Waals surface area contributed by atoms with Gasteiger partial charge < -0.3 is 5.32 Å². The van der Waals surface area contributed by atoms with Crippen LogP contribution in [0.3, 0.4) is 0 Å². The minimum absolute atomic E-state index is 0.186. The minimum Gasteiger partial charge on any atom is -0.352 e. The van der Waals surface area contributed by atoms with Crippen molar-refractivity contribution in [2.75, 3.05) is 32.7 Å². The molecule has 20 heavy (non-hydrogen) atoms. The highest BCUT2D eigenvalue weighted by atomic mass is 16.2. The van der Waals surface area contributed by atoms with Crippen LogP contribution in [0.5, 0.6) is 0 Å². The number of pyridine rings is 1. The fraction of sp³-hybridized carbons (Fsp3) is 0.600. The van der Waals surface area contributed by atoms with Crippen LogP contribution in [-0.2, 0) is 11.3 Å². The highest BCUT2D eigenvalue weighted by Gasteiger charge is 2.25. The molecule has 0 aromatic carbocycles. The average Bonchev–Trinajstić information content (AvgIpc) is 3.26. The fourth-order valence-corrected chi connectivity index (χ4v) is 2.53. The van der Waals surface area contributed by atoms with Crippen LogP contribution in [0, 0.1) is 0 Å². The highest BCUT2D eigenvalue weighted by molar-refractivity contribution is 5.78. The summed E-state index contributed by atoms with van der Waals surface area (Å²) in [7, 11) is 0. The number of amides is 1. The molecule has 1 saturated heterocycles. The average molecular weight is 274 g/mol. The molecule has 1 saturated carbocycles. The zero-order chi connectivity index (χ0) is 13.8. The lowest BCUT2D eigenvalue weighted by atomic mass is 10.2. The van der Waals surface area contributed by atoms with Crippen molar-refractivity contribution in [2.24, 2.45) is 0 Å². The van der Waals surface area contributed by atoms with Gasteiger partial charge in [-0.1, -0.05) is 6.07 Å². The predicted octanol–water partition coefficient (Wildman–Crippen LogP) is 0.478. The van der Waals surface area contributed by atoms with Gasteiger partial charge in [0.15, 0.2) is 0 Å². The summed E-state index contributed by atoms with van der Waals surface area (Å²) in [6.07, 6.45) is 4.15. The maximum absolute atomic E-state index is 11.8. The molecule has 1 N–H and O–H groups in total. The molecule has 1 aromatic rings. The van der Waals surface area contributed by atoms with Gasteiger partial charge in [0.25, 0.3) is 0 Å². The molecule has 3 rings (SSSR count). The highest BCUT2D eigenvalue weighted by Crippen LogP contribution is 2.18. The lowest BCUT2D eigenvalue weighted by molar-refractivity contribution is -0.122. The summed E-state index contributed by atoms with van der Waals surface area (Å²) in [4.78, 5) is 20.8. The molecule has 108 valence electrons. The number of hydrogen-bond acceptors (Lipinski definition) is 4. The van der Waals surface area contributed by atoms with Crippen molar-refractivity contribution in [2.45, 2.75) is 25.4 Å². The van der Waals surface area contributed by atoms with Crippen molar-refractivity contribution in [3.8, 4) is 0 Å². The Balaban J connectivity index is 1.39. The number of rotatable bonds is 5. The molecule has 2 fully saturated rings. The van der Waals surface area contributed by atoms with E-state index in [1.807, 2.05) is 18.3 Å². The first-order valence-electron chi connectivity index (χ1n) is 7.43. The van der Waals surface area contributed by atoms with Gasteiger partial charge in [0.05, 0.1) is 12.2 Å². The van der Waals surface area contributed by atoms with E-state index in [4.69, 9.17) is 0 Å². The van der Waals surface area contributed by atoms with Gasteiger partial charge in [-0.25, -0.2) is 0 Å². The molecule has 2 aliphatic rings. The van der Waals surface area contributed by atoms with E-state index in [0.29, 0.717) is 12.6 Å². The third kappa shape index (κ3) is 4.02. The third-order valence-electron chi connectivity index (χ3n) is 3.89. The van der Waals surface area contributed by atoms with E-state index in [9.17, 15) is 4.79 Å². The van der Waals surface area contributed by atoms with E-state index in [1.54, 1.807) is 0 Å². The summed E-state index contributed by atoms with van der Waals surface area (Å²) >= 11 is 0. The lowest BCUT2D eigenvalue weighted by Crippen LogP contribution is -2.49. The molecule has 2 heterocycles. The topological polar surface area (TPSA) is 48.5 Å². The molecule has 1 aliphatic heterocycles. The maximum Gasteiger partial charge on any atom is 0.234 e. The Morgan fingerprint density at radius 3 is 2.60 bits per heavy atom. The van der Waals surface area contributed by atoms with E-state index < -0.39 is 0 Å². The molecule has 5 heteroatoms. The van der Waals surface area contributed by atoms with Crippen molar-refractivity contribution in [3.05, 3.63) is 30.1 Å². The molecule has 1 aliphatic carbocycles. The predicted molar refractivity (Wildman–Crippen MR) is 77.1 cm³/mol. The second-order valence-corrected chi connectivity index (χ2v) is 5.72. The first-order chi connectivity index (χ1) is 9.79. The number of hydrogen-bond donors (Lipinski definition) is 1. The standard InChI is InChI=1S/C15H22N4O/c20-15(17-13-4-5-13)12-19-9-7-18(8-10-19)11-14-3-1-2-6-16-14/h1-3,6,13H,4-5,7-12H2,(H,17,20). The van der Waals surface area contributed by atoms with Crippen LogP contribution < -0.4 is 5.32 Å². The molecule has 0 radical (unpaired) electrons. The molecular weight excluding hydrogens is 252 g/mol. The van der Waals surface area contributed by atoms with Crippen LogP contribution >= 0.6 is 0 Å². The molecule has 0 bridgehead atoms. The van der Waals surface area contributed by atoms with Gasteiger partial charge in [0.1, 0.15) is 0 Å². The molecule has 0 spiro atoms. The Kier molecular flexibility index (Phi) is 4.28. The van der Waals surface area contributed by atoms with Crippen LogP contribution in [0.4, 0.5) is 0 Å². The van der Waals surface area contributed by atoms with Gasteiger partial charge in [-0.15, -0.1) is 0 Å². The quantitative estimate of drug-likeness (QED) is 0.848. The Labute approximate surface area is 120 Å². The molecule has 5 nitrogen and oxygen atoms in total. The van der Waals surface area contributed by atoms with Crippen molar-refractivity contribution < 1.29 is 4.79 Å². The van der Waals surface area contributed by atoms with E-state index in [2.05, 4.69) is 26.2 Å². The van der Waals surface area contributed by atoms with E-state index in [0.717, 1.165) is 51.3 Å². The fourth-order valence-electron chi connectivity index (χ4n) is 2.53. The number of piperazine rings is 1. The van der Waals surface area contributed by atoms with Crippen LogP contribution in [0.1, 0.15) is 18.5 Å². The van der Waals surface area contributed by atoms with E-state index >= 15 is 0 Å². The van der Waals surface area contributed by atoms with Crippen molar-refractivity contribution >= 4 is 5.91 Å². The molecule has 0 atom stereocenters. The summed E-state index contributed by atoms with van der Waals surface area (Å²) in [5.41, 5.74) is 1.12. The minimum atomic E-state index is 0.186. The molecule has 1 amide bonds. The summed E-state index contributed by atoms with van der Waals surface area (Å²) in [6, 6.07) is 6.50. The van der Waals surface area contributed by atoms with Gasteiger partial charge >= 0.3 is 0 Å². The van der Waals surface area contributed by atoms with Crippen LogP contribution in [0.25, 0.3) is 0 Å². The van der Waals surface area contributed by atoms with E-state index in [-0.39, 0.29) is 5.91 Å². The summed E-state index contributed by atoms with van der Waals surface area (Å²) in [5, 5.41) is 3.05. The SMILES string of the molecule is O=C(CN1CCN(Cc2ccccn2)CC1)NC1CC1. The number of aromatic nitrogens is 1. The second-order valence-electron chi connectivity index (χ2n) is 5.72. The second kappa shape index (κ2) is 6.33. The number of nitrogens with zero attached hydrogens (tertiary/aromatic N) is 3. The summed E-state index contributed by atoms with van der Waals surface area (Å²) in [5.74, 6) is 0.186. The zero-order valence-electron chi connectivity index (χ0n) is 11.8. The van der Waals surface area contributed by atoms with Crippen LogP contribution in [-0.4, -0.2) is 59.5 Å². The lowest BCUT2D eigenvalue weighted by Gasteiger charge is -2.34. The smallest absolute Gasteiger partial charge is 0.234 e. The Bertz CT molecular complexity index is 438. The van der Waals surface area contributed by atoms with Crippen molar-refractivity contribution in [3.63, 3.8) is 0 Å². The van der Waals surface area contributed by atoms with Gasteiger partial charge in [0.2, 0.25) is 5.91 Å². The van der Waals surface area contributed by atoms with Crippen molar-refractivity contribution in [1.82, 2.24) is 20.1 Å². The van der Waals surface area contributed by atoms with Gasteiger partial charge in [-0.2, -0.15) is 0 Å². The summed E-state index contributed by atoms with van der Waals surface area (Å²) < 4.78 is 0.